The number of rotatable bonds is 3. The summed E-state index contributed by atoms with van der Waals surface area (Å²) in [5.74, 6) is 0.522. The van der Waals surface area contributed by atoms with Gasteiger partial charge in [0.15, 0.2) is 6.29 Å². The lowest BCUT2D eigenvalue weighted by atomic mass is 10.1. The minimum atomic E-state index is 0.0154. The standard InChI is InChI=1S/C11H11NO2/c1-8(2)14-11-4-3-9(6-12)5-10(11)7-13/h3-5,7-8H,1-2H3. The monoisotopic (exact) mass is 189 g/mol. The van der Waals surface area contributed by atoms with Crippen LogP contribution >= 0.6 is 0 Å². The molecule has 0 aliphatic heterocycles. The van der Waals surface area contributed by atoms with Gasteiger partial charge in [-0.1, -0.05) is 0 Å². The number of hydrogen-bond acceptors (Lipinski definition) is 3. The Morgan fingerprint density at radius 1 is 1.50 bits per heavy atom. The highest BCUT2D eigenvalue weighted by atomic mass is 16.5. The Labute approximate surface area is 82.9 Å². The zero-order chi connectivity index (χ0) is 10.6. The molecule has 3 nitrogen and oxygen atoms in total. The normalized spacial score (nSPS) is 9.57. The van der Waals surface area contributed by atoms with E-state index in [1.165, 1.54) is 6.07 Å². The first-order valence-electron chi connectivity index (χ1n) is 4.33. The molecule has 3 heteroatoms. The Bertz CT molecular complexity index is 377. The third kappa shape index (κ3) is 2.33. The molecule has 0 saturated carbocycles. The van der Waals surface area contributed by atoms with E-state index in [0.717, 1.165) is 0 Å². The third-order valence-electron chi connectivity index (χ3n) is 1.63. The van der Waals surface area contributed by atoms with E-state index < -0.39 is 0 Å². The number of hydrogen-bond donors (Lipinski definition) is 0. The molecule has 1 aromatic carbocycles. The summed E-state index contributed by atoms with van der Waals surface area (Å²) >= 11 is 0. The van der Waals surface area contributed by atoms with Crippen molar-refractivity contribution >= 4 is 6.29 Å². The van der Waals surface area contributed by atoms with Gasteiger partial charge in [0.1, 0.15) is 5.75 Å². The average Bonchev–Trinajstić information content (AvgIpc) is 2.17. The maximum Gasteiger partial charge on any atom is 0.153 e. The van der Waals surface area contributed by atoms with E-state index in [1.807, 2.05) is 19.9 Å². The fraction of sp³-hybridized carbons (Fsp3) is 0.273. The predicted molar refractivity (Wildman–Crippen MR) is 52.3 cm³/mol. The van der Waals surface area contributed by atoms with Crippen molar-refractivity contribution < 1.29 is 9.53 Å². The Kier molecular flexibility index (Phi) is 3.24. The van der Waals surface area contributed by atoms with Gasteiger partial charge in [-0.2, -0.15) is 5.26 Å². The van der Waals surface area contributed by atoms with Crippen LogP contribution in [-0.4, -0.2) is 12.4 Å². The average molecular weight is 189 g/mol. The lowest BCUT2D eigenvalue weighted by Crippen LogP contribution is -2.07. The summed E-state index contributed by atoms with van der Waals surface area (Å²) in [6.07, 6.45) is 0.708. The summed E-state index contributed by atoms with van der Waals surface area (Å²) < 4.78 is 5.40. The highest BCUT2D eigenvalue weighted by Gasteiger charge is 2.05. The van der Waals surface area contributed by atoms with Gasteiger partial charge in [0, 0.05) is 0 Å². The van der Waals surface area contributed by atoms with E-state index in [0.29, 0.717) is 23.2 Å². The van der Waals surface area contributed by atoms with Crippen LogP contribution in [0.2, 0.25) is 0 Å². The first-order valence-corrected chi connectivity index (χ1v) is 4.33. The van der Waals surface area contributed by atoms with Gasteiger partial charge in [-0.25, -0.2) is 0 Å². The van der Waals surface area contributed by atoms with Crippen LogP contribution < -0.4 is 4.74 Å². The SMILES string of the molecule is CC(C)Oc1ccc(C#N)cc1C=O. The topological polar surface area (TPSA) is 50.1 Å². The van der Waals surface area contributed by atoms with E-state index in [4.69, 9.17) is 10.00 Å². The summed E-state index contributed by atoms with van der Waals surface area (Å²) in [5.41, 5.74) is 0.876. The molecule has 0 heterocycles. The van der Waals surface area contributed by atoms with Crippen LogP contribution in [-0.2, 0) is 0 Å². The molecule has 1 aromatic rings. The molecule has 14 heavy (non-hydrogen) atoms. The molecule has 0 radical (unpaired) electrons. The van der Waals surface area contributed by atoms with Gasteiger partial charge in [-0.3, -0.25) is 4.79 Å². The summed E-state index contributed by atoms with van der Waals surface area (Å²) in [7, 11) is 0. The number of nitrogens with zero attached hydrogens (tertiary/aromatic N) is 1. The van der Waals surface area contributed by atoms with Crippen LogP contribution in [0.5, 0.6) is 5.75 Å². The summed E-state index contributed by atoms with van der Waals surface area (Å²) in [6, 6.07) is 6.76. The van der Waals surface area contributed by atoms with Crippen molar-refractivity contribution in [2.75, 3.05) is 0 Å². The molecule has 0 unspecified atom stereocenters. The summed E-state index contributed by atoms with van der Waals surface area (Å²) in [4.78, 5) is 10.7. The van der Waals surface area contributed by atoms with Crippen LogP contribution in [0.4, 0.5) is 0 Å². The van der Waals surface area contributed by atoms with Crippen molar-refractivity contribution in [3.8, 4) is 11.8 Å². The van der Waals surface area contributed by atoms with Crippen molar-refractivity contribution in [1.29, 1.82) is 5.26 Å². The molecule has 0 atom stereocenters. The number of carbonyl (C=O) groups is 1. The zero-order valence-electron chi connectivity index (χ0n) is 8.15. The minimum Gasteiger partial charge on any atom is -0.490 e. The molecule has 0 fully saturated rings. The Morgan fingerprint density at radius 3 is 2.71 bits per heavy atom. The van der Waals surface area contributed by atoms with Crippen molar-refractivity contribution in [3.05, 3.63) is 29.3 Å². The number of nitriles is 1. The fourth-order valence-corrected chi connectivity index (χ4v) is 1.07. The van der Waals surface area contributed by atoms with Gasteiger partial charge in [0.25, 0.3) is 0 Å². The van der Waals surface area contributed by atoms with Crippen molar-refractivity contribution in [2.45, 2.75) is 20.0 Å². The Hall–Kier alpha value is -1.82. The highest BCUT2D eigenvalue weighted by molar-refractivity contribution is 5.80. The number of ether oxygens (including phenoxy) is 1. The van der Waals surface area contributed by atoms with Gasteiger partial charge in [-0.15, -0.1) is 0 Å². The quantitative estimate of drug-likeness (QED) is 0.684. The van der Waals surface area contributed by atoms with Crippen LogP contribution in [0.1, 0.15) is 29.8 Å². The third-order valence-corrected chi connectivity index (χ3v) is 1.63. The van der Waals surface area contributed by atoms with Gasteiger partial charge in [-0.05, 0) is 32.0 Å². The van der Waals surface area contributed by atoms with E-state index >= 15 is 0 Å². The maximum absolute atomic E-state index is 10.7. The molecule has 72 valence electrons. The Balaban J connectivity index is 3.06. The molecule has 1 rings (SSSR count). The van der Waals surface area contributed by atoms with Crippen LogP contribution in [0, 0.1) is 11.3 Å². The summed E-state index contributed by atoms with van der Waals surface area (Å²) in [6.45, 7) is 3.76. The molecular formula is C11H11NO2. The molecular weight excluding hydrogens is 178 g/mol. The number of benzene rings is 1. The van der Waals surface area contributed by atoms with Gasteiger partial charge < -0.3 is 4.74 Å². The Morgan fingerprint density at radius 2 is 2.21 bits per heavy atom. The lowest BCUT2D eigenvalue weighted by Gasteiger charge is -2.11. The van der Waals surface area contributed by atoms with E-state index in [1.54, 1.807) is 12.1 Å². The highest BCUT2D eigenvalue weighted by Crippen LogP contribution is 2.19. The maximum atomic E-state index is 10.7. The first-order chi connectivity index (χ1) is 6.67. The molecule has 0 aliphatic carbocycles. The minimum absolute atomic E-state index is 0.0154. The predicted octanol–water partition coefficient (Wildman–Crippen LogP) is 2.16. The van der Waals surface area contributed by atoms with E-state index in [-0.39, 0.29) is 6.10 Å². The van der Waals surface area contributed by atoms with Gasteiger partial charge >= 0.3 is 0 Å². The number of carbonyl (C=O) groups excluding carboxylic acids is 1. The fourth-order valence-electron chi connectivity index (χ4n) is 1.07. The second-order valence-corrected chi connectivity index (χ2v) is 3.15. The van der Waals surface area contributed by atoms with E-state index in [9.17, 15) is 4.79 Å². The molecule has 0 N–H and O–H groups in total. The van der Waals surface area contributed by atoms with E-state index in [2.05, 4.69) is 0 Å². The molecule has 0 bridgehead atoms. The molecule has 0 saturated heterocycles. The molecule has 0 aromatic heterocycles. The largest absolute Gasteiger partial charge is 0.490 e. The van der Waals surface area contributed by atoms with Crippen LogP contribution in [0.25, 0.3) is 0 Å². The van der Waals surface area contributed by atoms with Crippen molar-refractivity contribution in [1.82, 2.24) is 0 Å². The second kappa shape index (κ2) is 4.43. The molecule has 0 aliphatic rings. The molecule has 0 spiro atoms. The van der Waals surface area contributed by atoms with Crippen LogP contribution in [0.15, 0.2) is 18.2 Å². The van der Waals surface area contributed by atoms with Crippen molar-refractivity contribution in [3.63, 3.8) is 0 Å². The summed E-state index contributed by atoms with van der Waals surface area (Å²) in [5, 5.41) is 8.62. The second-order valence-electron chi connectivity index (χ2n) is 3.15. The first kappa shape index (κ1) is 10.3. The van der Waals surface area contributed by atoms with Gasteiger partial charge in [0.2, 0.25) is 0 Å². The smallest absolute Gasteiger partial charge is 0.153 e. The van der Waals surface area contributed by atoms with Gasteiger partial charge in [0.05, 0.1) is 23.3 Å². The zero-order valence-corrected chi connectivity index (χ0v) is 8.15. The van der Waals surface area contributed by atoms with Crippen LogP contribution in [0.3, 0.4) is 0 Å². The number of aldehydes is 1. The molecule has 0 amide bonds. The lowest BCUT2D eigenvalue weighted by molar-refractivity contribution is 0.111. The van der Waals surface area contributed by atoms with Crippen molar-refractivity contribution in [2.24, 2.45) is 0 Å².